The van der Waals surface area contributed by atoms with Gasteiger partial charge in [0.1, 0.15) is 6.10 Å². The molecule has 0 fully saturated rings. The van der Waals surface area contributed by atoms with Gasteiger partial charge in [-0.3, -0.25) is 0 Å². The Labute approximate surface area is 155 Å². The van der Waals surface area contributed by atoms with Gasteiger partial charge in [-0.1, -0.05) is 50.1 Å². The first-order valence-corrected chi connectivity index (χ1v) is 8.82. The number of carbonyl (C=O) groups excluding carboxylic acids is 1. The van der Waals surface area contributed by atoms with E-state index in [9.17, 15) is 9.59 Å². The summed E-state index contributed by atoms with van der Waals surface area (Å²) in [7, 11) is 0. The molecule has 4 heteroatoms. The minimum atomic E-state index is -0.897. The molecule has 2 aliphatic rings. The van der Waals surface area contributed by atoms with Crippen LogP contribution in [0.1, 0.15) is 38.5 Å². The summed E-state index contributed by atoms with van der Waals surface area (Å²) in [6, 6.07) is 0. The summed E-state index contributed by atoms with van der Waals surface area (Å²) in [4.78, 5) is 21.5. The molecular formula is C22H28O4. The van der Waals surface area contributed by atoms with E-state index in [-0.39, 0.29) is 18.0 Å². The van der Waals surface area contributed by atoms with Crippen molar-refractivity contribution in [2.75, 3.05) is 0 Å². The Hall–Kier alpha value is -2.62. The van der Waals surface area contributed by atoms with Crippen LogP contribution in [0.2, 0.25) is 0 Å². The first-order chi connectivity index (χ1) is 12.4. The van der Waals surface area contributed by atoms with Crippen LogP contribution in [-0.2, 0) is 14.3 Å². The Bertz CT molecular complexity index is 635. The van der Waals surface area contributed by atoms with Crippen LogP contribution >= 0.6 is 0 Å². The van der Waals surface area contributed by atoms with Crippen LogP contribution in [0, 0.1) is 5.92 Å². The third-order valence-corrected chi connectivity index (χ3v) is 4.43. The van der Waals surface area contributed by atoms with Crippen LogP contribution in [0.5, 0.6) is 0 Å². The average molecular weight is 356 g/mol. The number of esters is 1. The van der Waals surface area contributed by atoms with E-state index in [0.29, 0.717) is 5.57 Å². The van der Waals surface area contributed by atoms with Crippen molar-refractivity contribution in [2.24, 2.45) is 5.92 Å². The highest BCUT2D eigenvalue weighted by atomic mass is 16.5. The predicted octanol–water partition coefficient (Wildman–Crippen LogP) is 4.92. The number of carboxylic acids is 1. The molecule has 0 spiro atoms. The Morgan fingerprint density at radius 3 is 2.15 bits per heavy atom. The van der Waals surface area contributed by atoms with Crippen molar-refractivity contribution in [1.82, 2.24) is 0 Å². The number of ether oxygens (including phenoxy) is 1. The molecule has 0 heterocycles. The zero-order valence-corrected chi connectivity index (χ0v) is 15.3. The molecule has 0 aromatic rings. The minimum Gasteiger partial charge on any atom is -0.478 e. The maximum Gasteiger partial charge on any atom is 0.331 e. The summed E-state index contributed by atoms with van der Waals surface area (Å²) >= 11 is 0. The van der Waals surface area contributed by atoms with Gasteiger partial charge in [0, 0.05) is 17.6 Å². The summed E-state index contributed by atoms with van der Waals surface area (Å²) in [6.45, 7) is 14.3. The van der Waals surface area contributed by atoms with E-state index in [4.69, 9.17) is 9.84 Å². The number of carboxylic acid groups (broad SMARTS) is 1. The van der Waals surface area contributed by atoms with Gasteiger partial charge in [-0.2, -0.15) is 0 Å². The van der Waals surface area contributed by atoms with Crippen LogP contribution in [0.25, 0.3) is 0 Å². The lowest BCUT2D eigenvalue weighted by molar-refractivity contribution is -0.141. The number of hydrogen-bond donors (Lipinski definition) is 1. The monoisotopic (exact) mass is 356 g/mol. The summed E-state index contributed by atoms with van der Waals surface area (Å²) in [5.74, 6) is -1.25. The molecule has 0 amide bonds. The number of rotatable bonds is 6. The van der Waals surface area contributed by atoms with E-state index < -0.39 is 5.97 Å². The SMILES string of the molecule is C=CC(=O)OC1C=C(C=C)CCC1.C=CC1=CC(C(=C)C(=O)O)CCC1. The lowest BCUT2D eigenvalue weighted by Crippen LogP contribution is -2.17. The second kappa shape index (κ2) is 11.1. The Morgan fingerprint density at radius 2 is 1.62 bits per heavy atom. The molecule has 0 aliphatic heterocycles. The molecule has 0 aromatic carbocycles. The number of hydrogen-bond acceptors (Lipinski definition) is 3. The van der Waals surface area contributed by atoms with Crippen LogP contribution in [0.3, 0.4) is 0 Å². The molecule has 2 atom stereocenters. The van der Waals surface area contributed by atoms with Crippen LogP contribution in [0.4, 0.5) is 0 Å². The summed E-state index contributed by atoms with van der Waals surface area (Å²) < 4.78 is 5.09. The first kappa shape index (κ1) is 21.4. The second-order valence-electron chi connectivity index (χ2n) is 6.29. The van der Waals surface area contributed by atoms with Crippen molar-refractivity contribution >= 4 is 11.9 Å². The van der Waals surface area contributed by atoms with Gasteiger partial charge in [0.2, 0.25) is 0 Å². The highest BCUT2D eigenvalue weighted by molar-refractivity contribution is 5.86. The predicted molar refractivity (Wildman–Crippen MR) is 105 cm³/mol. The molecule has 0 radical (unpaired) electrons. The summed E-state index contributed by atoms with van der Waals surface area (Å²) in [6.07, 6.45) is 14.5. The van der Waals surface area contributed by atoms with Gasteiger partial charge >= 0.3 is 11.9 Å². The van der Waals surface area contributed by atoms with Crippen molar-refractivity contribution in [3.8, 4) is 0 Å². The molecule has 4 nitrogen and oxygen atoms in total. The van der Waals surface area contributed by atoms with Crippen LogP contribution in [-0.4, -0.2) is 23.1 Å². The van der Waals surface area contributed by atoms with Crippen LogP contribution in [0.15, 0.2) is 73.4 Å². The zero-order chi connectivity index (χ0) is 19.5. The Morgan fingerprint density at radius 1 is 1.04 bits per heavy atom. The fraction of sp³-hybridized carbons (Fsp3) is 0.364. The molecule has 1 N–H and O–H groups in total. The van der Waals surface area contributed by atoms with Crippen LogP contribution < -0.4 is 0 Å². The highest BCUT2D eigenvalue weighted by Gasteiger charge is 2.19. The molecule has 0 bridgehead atoms. The Balaban J connectivity index is 0.000000260. The van der Waals surface area contributed by atoms with E-state index in [1.807, 2.05) is 18.2 Å². The van der Waals surface area contributed by atoms with Crippen molar-refractivity contribution in [3.63, 3.8) is 0 Å². The number of allylic oxidation sites excluding steroid dienone is 5. The molecule has 2 aliphatic carbocycles. The molecule has 0 saturated heterocycles. The minimum absolute atomic E-state index is 0.000694. The molecular weight excluding hydrogens is 328 g/mol. The lowest BCUT2D eigenvalue weighted by Gasteiger charge is -2.19. The van der Waals surface area contributed by atoms with Crippen molar-refractivity contribution in [1.29, 1.82) is 0 Å². The number of aliphatic carboxylic acids is 1. The summed E-state index contributed by atoms with van der Waals surface area (Å²) in [5.41, 5.74) is 2.59. The Kier molecular flexibility index (Phi) is 9.13. The van der Waals surface area contributed by atoms with Gasteiger partial charge in [-0.15, -0.1) is 0 Å². The second-order valence-corrected chi connectivity index (χ2v) is 6.29. The topological polar surface area (TPSA) is 63.6 Å². The highest BCUT2D eigenvalue weighted by Crippen LogP contribution is 2.28. The van der Waals surface area contributed by atoms with Gasteiger partial charge in [-0.25, -0.2) is 9.59 Å². The van der Waals surface area contributed by atoms with Crippen molar-refractivity contribution in [3.05, 3.63) is 73.4 Å². The fourth-order valence-electron chi connectivity index (χ4n) is 2.93. The third-order valence-electron chi connectivity index (χ3n) is 4.43. The largest absolute Gasteiger partial charge is 0.478 e. The normalized spacial score (nSPS) is 21.7. The van der Waals surface area contributed by atoms with Gasteiger partial charge in [-0.05, 0) is 50.2 Å². The molecule has 0 saturated carbocycles. The van der Waals surface area contributed by atoms with Gasteiger partial charge in [0.05, 0.1) is 0 Å². The smallest absolute Gasteiger partial charge is 0.331 e. The van der Waals surface area contributed by atoms with Gasteiger partial charge in [0.25, 0.3) is 0 Å². The van der Waals surface area contributed by atoms with Crippen molar-refractivity contribution in [2.45, 2.75) is 44.6 Å². The van der Waals surface area contributed by atoms with Gasteiger partial charge in [0.15, 0.2) is 0 Å². The van der Waals surface area contributed by atoms with E-state index >= 15 is 0 Å². The molecule has 0 aromatic heterocycles. The quantitative estimate of drug-likeness (QED) is 0.542. The first-order valence-electron chi connectivity index (χ1n) is 8.82. The zero-order valence-electron chi connectivity index (χ0n) is 15.3. The van der Waals surface area contributed by atoms with E-state index in [1.54, 1.807) is 6.08 Å². The molecule has 2 rings (SSSR count). The number of carbonyl (C=O) groups is 2. The van der Waals surface area contributed by atoms with Crippen molar-refractivity contribution < 1.29 is 19.4 Å². The molecule has 26 heavy (non-hydrogen) atoms. The maximum atomic E-state index is 10.9. The van der Waals surface area contributed by atoms with E-state index in [0.717, 1.165) is 49.7 Å². The lowest BCUT2D eigenvalue weighted by atomic mass is 9.86. The maximum absolute atomic E-state index is 10.9. The molecule has 140 valence electrons. The molecule has 2 unspecified atom stereocenters. The summed E-state index contributed by atoms with van der Waals surface area (Å²) in [5, 5.41) is 8.74. The van der Waals surface area contributed by atoms with Gasteiger partial charge < -0.3 is 9.84 Å². The standard InChI is InChI=1S/2C11H14O2/c1-3-9-5-4-6-10(7-9)8(2)11(12)13;1-3-9-6-5-7-10(8-9)13-11(12)4-2/h3,7,10H,1-2,4-6H2,(H,12,13);3-4,8,10H,1-2,5-7H2. The fourth-order valence-corrected chi connectivity index (χ4v) is 2.93. The third kappa shape index (κ3) is 7.09. The average Bonchev–Trinajstić information content (AvgIpc) is 2.67. The van der Waals surface area contributed by atoms with E-state index in [1.165, 1.54) is 6.08 Å². The van der Waals surface area contributed by atoms with E-state index in [2.05, 4.69) is 26.3 Å².